The first kappa shape index (κ1) is 18.3. The number of aromatic nitrogens is 3. The zero-order valence-corrected chi connectivity index (χ0v) is 16.1. The van der Waals surface area contributed by atoms with E-state index in [1.807, 2.05) is 30.5 Å². The van der Waals surface area contributed by atoms with Crippen molar-refractivity contribution in [1.29, 1.82) is 0 Å². The predicted octanol–water partition coefficient (Wildman–Crippen LogP) is 1.79. The maximum Gasteiger partial charge on any atom is 0.276 e. The van der Waals surface area contributed by atoms with E-state index >= 15 is 0 Å². The van der Waals surface area contributed by atoms with Crippen LogP contribution in [0.4, 0.5) is 0 Å². The number of rotatable bonds is 5. The molecular weight excluding hydrogens is 318 g/mol. The predicted molar refractivity (Wildman–Crippen MR) is 95.6 cm³/mol. The number of carbonyl (C=O) groups is 1. The quantitative estimate of drug-likeness (QED) is 0.877. The summed E-state index contributed by atoms with van der Waals surface area (Å²) in [4.78, 5) is 14.8. The maximum absolute atomic E-state index is 13.0. The highest BCUT2D eigenvalue weighted by Crippen LogP contribution is 2.45. The van der Waals surface area contributed by atoms with E-state index in [0.29, 0.717) is 18.3 Å². The van der Waals surface area contributed by atoms with E-state index in [1.165, 1.54) is 0 Å². The van der Waals surface area contributed by atoms with E-state index in [4.69, 9.17) is 4.74 Å². The van der Waals surface area contributed by atoms with Gasteiger partial charge >= 0.3 is 0 Å². The van der Waals surface area contributed by atoms with E-state index in [-0.39, 0.29) is 23.5 Å². The van der Waals surface area contributed by atoms with E-state index in [2.05, 4.69) is 29.5 Å². The molecule has 140 valence electrons. The normalized spacial score (nSPS) is 26.3. The molecule has 7 nitrogen and oxygen atoms in total. The Balaban J connectivity index is 1.72. The van der Waals surface area contributed by atoms with Crippen LogP contribution < -0.4 is 5.32 Å². The van der Waals surface area contributed by atoms with Gasteiger partial charge in [0.25, 0.3) is 5.91 Å². The topological polar surface area (TPSA) is 72.3 Å². The molecule has 3 rings (SSSR count). The van der Waals surface area contributed by atoms with Crippen molar-refractivity contribution in [3.05, 3.63) is 11.4 Å². The van der Waals surface area contributed by atoms with Crippen LogP contribution in [0.25, 0.3) is 0 Å². The van der Waals surface area contributed by atoms with Gasteiger partial charge in [-0.1, -0.05) is 19.1 Å². The zero-order chi connectivity index (χ0) is 18.2. The first-order chi connectivity index (χ1) is 11.9. The monoisotopic (exact) mass is 349 g/mol. The average molecular weight is 349 g/mol. The lowest BCUT2D eigenvalue weighted by atomic mass is 9.63. The minimum Gasteiger partial charge on any atom is -0.378 e. The van der Waals surface area contributed by atoms with Crippen LogP contribution in [0.2, 0.25) is 0 Å². The molecule has 0 spiro atoms. The smallest absolute Gasteiger partial charge is 0.276 e. The summed E-state index contributed by atoms with van der Waals surface area (Å²) in [6.07, 6.45) is 3.15. The molecule has 0 radical (unpaired) electrons. The van der Waals surface area contributed by atoms with E-state index in [0.717, 1.165) is 38.0 Å². The van der Waals surface area contributed by atoms with E-state index in [9.17, 15) is 4.79 Å². The average Bonchev–Trinajstić information content (AvgIpc) is 2.99. The number of hydrogen-bond donors (Lipinski definition) is 1. The van der Waals surface area contributed by atoms with Crippen molar-refractivity contribution >= 4 is 5.91 Å². The molecule has 1 aliphatic carbocycles. The van der Waals surface area contributed by atoms with Crippen LogP contribution in [0.15, 0.2) is 0 Å². The van der Waals surface area contributed by atoms with Crippen LogP contribution in [0.5, 0.6) is 0 Å². The standard InChI is InChI=1S/C18H31N5O2/c1-6-25-15-11-14(18(15,3)4)22(5)17(24)16-12(2)23(21-20-16)13-7-9-19-10-8-13/h13-15,19H,6-11H2,1-5H3. The molecule has 1 saturated carbocycles. The largest absolute Gasteiger partial charge is 0.378 e. The number of hydrogen-bond acceptors (Lipinski definition) is 5. The second-order valence-electron chi connectivity index (χ2n) is 7.88. The van der Waals surface area contributed by atoms with E-state index in [1.54, 1.807) is 0 Å². The van der Waals surface area contributed by atoms with Crippen molar-refractivity contribution in [1.82, 2.24) is 25.2 Å². The highest BCUT2D eigenvalue weighted by molar-refractivity contribution is 5.93. The molecule has 0 aromatic carbocycles. The van der Waals surface area contributed by atoms with Gasteiger partial charge in [0.05, 0.1) is 17.8 Å². The number of carbonyl (C=O) groups excluding carboxylic acids is 1. The molecule has 25 heavy (non-hydrogen) atoms. The Labute approximate surface area is 150 Å². The molecule has 7 heteroatoms. The van der Waals surface area contributed by atoms with Gasteiger partial charge in [-0.2, -0.15) is 0 Å². The van der Waals surface area contributed by atoms with Crippen LogP contribution in [0.3, 0.4) is 0 Å². The lowest BCUT2D eigenvalue weighted by molar-refractivity contribution is -0.136. The van der Waals surface area contributed by atoms with Gasteiger partial charge in [-0.3, -0.25) is 4.79 Å². The lowest BCUT2D eigenvalue weighted by Gasteiger charge is -2.54. The third-order valence-electron chi connectivity index (χ3n) is 6.07. The number of piperidine rings is 1. The molecule has 2 aliphatic rings. The molecule has 2 atom stereocenters. The zero-order valence-electron chi connectivity index (χ0n) is 16.1. The number of amides is 1. The van der Waals surface area contributed by atoms with Crippen molar-refractivity contribution in [2.24, 2.45) is 5.41 Å². The Bertz CT molecular complexity index is 621. The first-order valence-electron chi connectivity index (χ1n) is 9.39. The Morgan fingerprint density at radius 1 is 1.40 bits per heavy atom. The van der Waals surface area contributed by atoms with Crippen molar-refractivity contribution in [3.8, 4) is 0 Å². The summed E-state index contributed by atoms with van der Waals surface area (Å²) >= 11 is 0. The first-order valence-corrected chi connectivity index (χ1v) is 9.39. The number of nitrogens with zero attached hydrogens (tertiary/aromatic N) is 4. The Morgan fingerprint density at radius 2 is 2.08 bits per heavy atom. The number of nitrogens with one attached hydrogen (secondary N) is 1. The SMILES string of the molecule is CCOC1CC(N(C)C(=O)c2nnn(C3CCNCC3)c2C)C1(C)C. The molecule has 2 heterocycles. The highest BCUT2D eigenvalue weighted by atomic mass is 16.5. The molecule has 0 bridgehead atoms. The van der Waals surface area contributed by atoms with Crippen molar-refractivity contribution in [3.63, 3.8) is 0 Å². The third-order valence-corrected chi connectivity index (χ3v) is 6.07. The number of ether oxygens (including phenoxy) is 1. The lowest BCUT2D eigenvalue weighted by Crippen LogP contribution is -2.62. The van der Waals surface area contributed by atoms with Gasteiger partial charge in [-0.15, -0.1) is 5.10 Å². The summed E-state index contributed by atoms with van der Waals surface area (Å²) in [7, 11) is 1.87. The Kier molecular flexibility index (Phi) is 5.16. The van der Waals surface area contributed by atoms with Crippen LogP contribution in [-0.4, -0.2) is 64.7 Å². The molecule has 2 unspecified atom stereocenters. The van der Waals surface area contributed by atoms with Gasteiger partial charge < -0.3 is 15.0 Å². The van der Waals surface area contributed by atoms with Gasteiger partial charge in [0, 0.05) is 25.1 Å². The van der Waals surface area contributed by atoms with Crippen LogP contribution in [-0.2, 0) is 4.74 Å². The van der Waals surface area contributed by atoms with Gasteiger partial charge in [0.1, 0.15) is 0 Å². The summed E-state index contributed by atoms with van der Waals surface area (Å²) in [5, 5.41) is 11.9. The molecule has 1 amide bonds. The second-order valence-corrected chi connectivity index (χ2v) is 7.88. The molecular formula is C18H31N5O2. The highest BCUT2D eigenvalue weighted by Gasteiger charge is 2.52. The van der Waals surface area contributed by atoms with Crippen LogP contribution in [0.1, 0.15) is 62.3 Å². The van der Waals surface area contributed by atoms with Crippen LogP contribution >= 0.6 is 0 Å². The molecule has 1 N–H and O–H groups in total. The van der Waals surface area contributed by atoms with Crippen molar-refractivity contribution in [2.45, 2.75) is 65.1 Å². The summed E-state index contributed by atoms with van der Waals surface area (Å²) in [6, 6.07) is 0.503. The fourth-order valence-corrected chi connectivity index (χ4v) is 4.25. The molecule has 2 fully saturated rings. The van der Waals surface area contributed by atoms with Crippen LogP contribution in [0, 0.1) is 12.3 Å². The van der Waals surface area contributed by atoms with Gasteiger partial charge in [0.2, 0.25) is 0 Å². The second kappa shape index (κ2) is 7.03. The van der Waals surface area contributed by atoms with Gasteiger partial charge in [0.15, 0.2) is 5.69 Å². The fraction of sp³-hybridized carbons (Fsp3) is 0.833. The summed E-state index contributed by atoms with van der Waals surface area (Å²) < 4.78 is 7.73. The summed E-state index contributed by atoms with van der Waals surface area (Å²) in [6.45, 7) is 11.0. The fourth-order valence-electron chi connectivity index (χ4n) is 4.25. The van der Waals surface area contributed by atoms with Gasteiger partial charge in [-0.05, 0) is 46.2 Å². The minimum atomic E-state index is -0.0423. The molecule has 1 aromatic rings. The Hall–Kier alpha value is -1.47. The Morgan fingerprint density at radius 3 is 2.68 bits per heavy atom. The minimum absolute atomic E-state index is 0.0364. The molecule has 1 aliphatic heterocycles. The molecule has 1 saturated heterocycles. The maximum atomic E-state index is 13.0. The summed E-state index contributed by atoms with van der Waals surface area (Å²) in [5.74, 6) is -0.0364. The van der Waals surface area contributed by atoms with E-state index < -0.39 is 0 Å². The summed E-state index contributed by atoms with van der Waals surface area (Å²) in [5.41, 5.74) is 1.32. The van der Waals surface area contributed by atoms with Gasteiger partial charge in [-0.25, -0.2) is 4.68 Å². The third kappa shape index (κ3) is 3.19. The van der Waals surface area contributed by atoms with Crippen molar-refractivity contribution in [2.75, 3.05) is 26.7 Å². The van der Waals surface area contributed by atoms with Crippen molar-refractivity contribution < 1.29 is 9.53 Å². The molecule has 1 aromatic heterocycles.